The Morgan fingerprint density at radius 3 is 2.50 bits per heavy atom. The van der Waals surface area contributed by atoms with Gasteiger partial charge in [-0.3, -0.25) is 4.40 Å². The van der Waals surface area contributed by atoms with Gasteiger partial charge in [0.25, 0.3) is 0 Å². The van der Waals surface area contributed by atoms with Crippen molar-refractivity contribution in [3.05, 3.63) is 58.9 Å². The minimum Gasteiger partial charge on any atom is -0.298 e. The Morgan fingerprint density at radius 2 is 1.78 bits per heavy atom. The van der Waals surface area contributed by atoms with Crippen LogP contribution in [0, 0.1) is 13.8 Å². The van der Waals surface area contributed by atoms with Crippen LogP contribution in [0.5, 0.6) is 0 Å². The number of benzene rings is 1. The lowest BCUT2D eigenvalue weighted by Gasteiger charge is -2.03. The standard InChI is InChI=1S/C15H13ClN2/c1-10-5-7-12(8-6-10)15-17-14(16)13-11(2)4-3-9-18(13)15/h3-9H,1-2H3. The number of aromatic nitrogens is 2. The molecule has 0 unspecified atom stereocenters. The highest BCUT2D eigenvalue weighted by Gasteiger charge is 2.12. The molecule has 3 heteroatoms. The predicted octanol–water partition coefficient (Wildman–Crippen LogP) is 4.27. The van der Waals surface area contributed by atoms with Crippen LogP contribution in [0.1, 0.15) is 11.1 Å². The lowest BCUT2D eigenvalue weighted by molar-refractivity contribution is 1.15. The summed E-state index contributed by atoms with van der Waals surface area (Å²) in [6.45, 7) is 4.12. The summed E-state index contributed by atoms with van der Waals surface area (Å²) in [5.74, 6) is 0.888. The van der Waals surface area contributed by atoms with Gasteiger partial charge in [0.15, 0.2) is 5.15 Å². The molecular formula is C15H13ClN2. The summed E-state index contributed by atoms with van der Waals surface area (Å²) in [5, 5.41) is 0.559. The average molecular weight is 257 g/mol. The zero-order valence-corrected chi connectivity index (χ0v) is 11.1. The molecule has 0 bridgehead atoms. The minimum absolute atomic E-state index is 0.559. The van der Waals surface area contributed by atoms with Crippen molar-refractivity contribution in [1.82, 2.24) is 9.38 Å². The maximum atomic E-state index is 6.23. The van der Waals surface area contributed by atoms with Gasteiger partial charge in [0.2, 0.25) is 0 Å². The van der Waals surface area contributed by atoms with Crippen molar-refractivity contribution in [1.29, 1.82) is 0 Å². The summed E-state index contributed by atoms with van der Waals surface area (Å²) < 4.78 is 2.04. The quantitative estimate of drug-likeness (QED) is 0.636. The van der Waals surface area contributed by atoms with Crippen LogP contribution < -0.4 is 0 Å². The number of nitrogens with zero attached hydrogens (tertiary/aromatic N) is 2. The first-order chi connectivity index (χ1) is 8.66. The van der Waals surface area contributed by atoms with Crippen LogP contribution in [0.15, 0.2) is 42.6 Å². The van der Waals surface area contributed by atoms with E-state index in [1.807, 2.05) is 29.7 Å². The Morgan fingerprint density at radius 1 is 1.06 bits per heavy atom. The molecule has 0 atom stereocenters. The molecule has 0 spiro atoms. The molecule has 90 valence electrons. The van der Waals surface area contributed by atoms with E-state index in [9.17, 15) is 0 Å². The third-order valence-electron chi connectivity index (χ3n) is 3.13. The van der Waals surface area contributed by atoms with Gasteiger partial charge in [-0.05, 0) is 25.5 Å². The molecule has 2 aromatic heterocycles. The fourth-order valence-electron chi connectivity index (χ4n) is 2.16. The largest absolute Gasteiger partial charge is 0.298 e. The van der Waals surface area contributed by atoms with Gasteiger partial charge >= 0.3 is 0 Å². The summed E-state index contributed by atoms with van der Waals surface area (Å²) in [5.41, 5.74) is 4.43. The molecule has 0 N–H and O–H groups in total. The predicted molar refractivity (Wildman–Crippen MR) is 75.1 cm³/mol. The number of imidazole rings is 1. The lowest BCUT2D eigenvalue weighted by atomic mass is 10.1. The van der Waals surface area contributed by atoms with Gasteiger partial charge in [0, 0.05) is 11.8 Å². The Labute approximate surface area is 111 Å². The Hall–Kier alpha value is -1.80. The molecule has 3 aromatic rings. The summed E-state index contributed by atoms with van der Waals surface area (Å²) in [7, 11) is 0. The second-order valence-corrected chi connectivity index (χ2v) is 4.86. The van der Waals surface area contributed by atoms with Gasteiger partial charge in [-0.2, -0.15) is 0 Å². The molecule has 2 nitrogen and oxygen atoms in total. The van der Waals surface area contributed by atoms with E-state index in [1.54, 1.807) is 0 Å². The van der Waals surface area contributed by atoms with Crippen LogP contribution in [0.4, 0.5) is 0 Å². The third kappa shape index (κ3) is 1.70. The third-order valence-corrected chi connectivity index (χ3v) is 3.40. The minimum atomic E-state index is 0.559. The van der Waals surface area contributed by atoms with E-state index in [-0.39, 0.29) is 0 Å². The van der Waals surface area contributed by atoms with Crippen molar-refractivity contribution in [3.8, 4) is 11.4 Å². The molecule has 1 aromatic carbocycles. The smallest absolute Gasteiger partial charge is 0.155 e. The van der Waals surface area contributed by atoms with E-state index in [4.69, 9.17) is 11.6 Å². The molecule has 0 saturated carbocycles. The average Bonchev–Trinajstić information content (AvgIpc) is 2.69. The highest BCUT2D eigenvalue weighted by Crippen LogP contribution is 2.27. The Kier molecular flexibility index (Phi) is 2.60. The molecule has 0 fully saturated rings. The van der Waals surface area contributed by atoms with Crippen molar-refractivity contribution in [2.24, 2.45) is 0 Å². The first-order valence-corrected chi connectivity index (χ1v) is 6.25. The topological polar surface area (TPSA) is 17.3 Å². The van der Waals surface area contributed by atoms with Crippen molar-refractivity contribution in [2.75, 3.05) is 0 Å². The molecule has 2 heterocycles. The zero-order chi connectivity index (χ0) is 12.7. The van der Waals surface area contributed by atoms with Crippen LogP contribution in [0.25, 0.3) is 16.9 Å². The normalized spacial score (nSPS) is 11.1. The van der Waals surface area contributed by atoms with Gasteiger partial charge in [-0.1, -0.05) is 47.5 Å². The van der Waals surface area contributed by atoms with Crippen molar-refractivity contribution >= 4 is 17.1 Å². The van der Waals surface area contributed by atoms with Crippen LogP contribution >= 0.6 is 11.6 Å². The fraction of sp³-hybridized carbons (Fsp3) is 0.133. The second-order valence-electron chi connectivity index (χ2n) is 4.50. The van der Waals surface area contributed by atoms with E-state index >= 15 is 0 Å². The van der Waals surface area contributed by atoms with Crippen molar-refractivity contribution < 1.29 is 0 Å². The van der Waals surface area contributed by atoms with Crippen LogP contribution in [-0.4, -0.2) is 9.38 Å². The maximum absolute atomic E-state index is 6.23. The highest BCUT2D eigenvalue weighted by molar-refractivity contribution is 6.33. The number of hydrogen-bond donors (Lipinski definition) is 0. The number of halogens is 1. The number of fused-ring (bicyclic) bond motifs is 1. The van der Waals surface area contributed by atoms with Crippen LogP contribution in [0.3, 0.4) is 0 Å². The zero-order valence-electron chi connectivity index (χ0n) is 10.3. The Bertz CT molecular complexity index is 711. The molecule has 0 aliphatic carbocycles. The van der Waals surface area contributed by atoms with Crippen LogP contribution in [-0.2, 0) is 0 Å². The van der Waals surface area contributed by atoms with Gasteiger partial charge < -0.3 is 0 Å². The maximum Gasteiger partial charge on any atom is 0.155 e. The summed E-state index contributed by atoms with van der Waals surface area (Å²) in [4.78, 5) is 4.48. The highest BCUT2D eigenvalue weighted by atomic mass is 35.5. The molecule has 3 rings (SSSR count). The number of rotatable bonds is 1. The van der Waals surface area contributed by atoms with Gasteiger partial charge in [0.1, 0.15) is 5.82 Å². The molecule has 0 aliphatic heterocycles. The molecule has 0 aliphatic rings. The first kappa shape index (κ1) is 11.3. The summed E-state index contributed by atoms with van der Waals surface area (Å²) in [6, 6.07) is 12.4. The van der Waals surface area contributed by atoms with E-state index in [0.29, 0.717) is 5.15 Å². The van der Waals surface area contributed by atoms with E-state index < -0.39 is 0 Å². The Balaban J connectivity index is 2.30. The van der Waals surface area contributed by atoms with Gasteiger partial charge in [-0.25, -0.2) is 4.98 Å². The molecule has 18 heavy (non-hydrogen) atoms. The molecule has 0 saturated heterocycles. The van der Waals surface area contributed by atoms with E-state index in [0.717, 1.165) is 22.5 Å². The van der Waals surface area contributed by atoms with E-state index in [2.05, 4.69) is 36.2 Å². The van der Waals surface area contributed by atoms with Crippen LogP contribution in [0.2, 0.25) is 5.15 Å². The summed E-state index contributed by atoms with van der Waals surface area (Å²) in [6.07, 6.45) is 2.00. The number of hydrogen-bond acceptors (Lipinski definition) is 1. The van der Waals surface area contributed by atoms with Crippen molar-refractivity contribution in [3.63, 3.8) is 0 Å². The van der Waals surface area contributed by atoms with E-state index in [1.165, 1.54) is 5.56 Å². The SMILES string of the molecule is Cc1ccc(-c2nc(Cl)c3c(C)cccn23)cc1. The molecular weight excluding hydrogens is 244 g/mol. The van der Waals surface area contributed by atoms with Gasteiger partial charge in [0.05, 0.1) is 5.52 Å². The first-order valence-electron chi connectivity index (χ1n) is 5.87. The number of aryl methyl sites for hydroxylation is 2. The van der Waals surface area contributed by atoms with Crippen molar-refractivity contribution in [2.45, 2.75) is 13.8 Å². The lowest BCUT2D eigenvalue weighted by Crippen LogP contribution is -1.90. The fourth-order valence-corrected chi connectivity index (χ4v) is 2.48. The molecule has 0 radical (unpaired) electrons. The number of pyridine rings is 1. The summed E-state index contributed by atoms with van der Waals surface area (Å²) >= 11 is 6.23. The second kappa shape index (κ2) is 4.14. The van der Waals surface area contributed by atoms with Gasteiger partial charge in [-0.15, -0.1) is 0 Å². The monoisotopic (exact) mass is 256 g/mol. The molecule has 0 amide bonds.